The largest absolute Gasteiger partial charge is 0.198 e. The fourth-order valence-corrected chi connectivity index (χ4v) is 0.823. The molecule has 1 rings (SSSR count). The van der Waals surface area contributed by atoms with Crippen molar-refractivity contribution < 1.29 is 0 Å². The van der Waals surface area contributed by atoms with E-state index in [9.17, 15) is 0 Å². The third kappa shape index (κ3) is 0.894. The first-order chi connectivity index (χ1) is 3.88. The van der Waals surface area contributed by atoms with E-state index in [1.807, 2.05) is 13.0 Å². The van der Waals surface area contributed by atoms with Crippen molar-refractivity contribution in [1.29, 1.82) is 5.26 Å². The van der Waals surface area contributed by atoms with Crippen molar-refractivity contribution in [1.82, 2.24) is 0 Å². The van der Waals surface area contributed by atoms with Crippen LogP contribution in [0.25, 0.3) is 0 Å². The lowest BCUT2D eigenvalue weighted by Gasteiger charge is -1.74. The van der Waals surface area contributed by atoms with Crippen LogP contribution in [0.4, 0.5) is 0 Å². The van der Waals surface area contributed by atoms with Crippen molar-refractivity contribution in [3.63, 3.8) is 0 Å². The number of nitriles is 1. The third-order valence-electron chi connectivity index (χ3n) is 1.45. The van der Waals surface area contributed by atoms with Crippen molar-refractivity contribution >= 4 is 0 Å². The van der Waals surface area contributed by atoms with Gasteiger partial charge in [0.05, 0.1) is 12.0 Å². The van der Waals surface area contributed by atoms with Crippen LogP contribution >= 0.6 is 0 Å². The lowest BCUT2D eigenvalue weighted by atomic mass is 10.3. The number of hydrogen-bond donors (Lipinski definition) is 0. The SMILES string of the molecule is C/C=C/[C@H]1C[C@@H]1C#N. The maximum absolute atomic E-state index is 8.32. The van der Waals surface area contributed by atoms with Crippen molar-refractivity contribution in [3.8, 4) is 6.07 Å². The summed E-state index contributed by atoms with van der Waals surface area (Å²) in [5.41, 5.74) is 0. The minimum absolute atomic E-state index is 0.339. The molecule has 0 N–H and O–H groups in total. The highest BCUT2D eigenvalue weighted by molar-refractivity contribution is 5.09. The van der Waals surface area contributed by atoms with Crippen molar-refractivity contribution in [3.05, 3.63) is 12.2 Å². The van der Waals surface area contributed by atoms with Crippen LogP contribution < -0.4 is 0 Å². The summed E-state index contributed by atoms with van der Waals surface area (Å²) in [5, 5.41) is 8.32. The smallest absolute Gasteiger partial charge is 0.0662 e. The Morgan fingerprint density at radius 2 is 2.50 bits per heavy atom. The van der Waals surface area contributed by atoms with Crippen LogP contribution in [0.5, 0.6) is 0 Å². The van der Waals surface area contributed by atoms with Gasteiger partial charge in [-0.3, -0.25) is 0 Å². The molecular weight excluding hydrogens is 98.1 g/mol. The van der Waals surface area contributed by atoms with E-state index in [0.29, 0.717) is 11.8 Å². The van der Waals surface area contributed by atoms with Crippen LogP contribution in [0.2, 0.25) is 0 Å². The zero-order chi connectivity index (χ0) is 5.98. The highest BCUT2D eigenvalue weighted by Crippen LogP contribution is 2.38. The summed E-state index contributed by atoms with van der Waals surface area (Å²) >= 11 is 0. The Morgan fingerprint density at radius 1 is 1.75 bits per heavy atom. The molecule has 42 valence electrons. The molecule has 1 saturated carbocycles. The van der Waals surface area contributed by atoms with Gasteiger partial charge in [0.2, 0.25) is 0 Å². The predicted molar refractivity (Wildman–Crippen MR) is 32.0 cm³/mol. The average molecular weight is 107 g/mol. The van der Waals surface area contributed by atoms with Crippen LogP contribution in [-0.4, -0.2) is 0 Å². The molecule has 0 aliphatic heterocycles. The summed E-state index contributed by atoms with van der Waals surface area (Å²) in [7, 11) is 0. The fourth-order valence-electron chi connectivity index (χ4n) is 0.823. The van der Waals surface area contributed by atoms with Gasteiger partial charge in [-0.15, -0.1) is 0 Å². The van der Waals surface area contributed by atoms with Crippen LogP contribution in [0, 0.1) is 23.2 Å². The molecule has 0 aromatic carbocycles. The highest BCUT2D eigenvalue weighted by atomic mass is 14.4. The van der Waals surface area contributed by atoms with E-state index in [4.69, 9.17) is 5.26 Å². The summed E-state index contributed by atoms with van der Waals surface area (Å²) in [6.45, 7) is 1.99. The molecule has 1 aliphatic rings. The summed E-state index contributed by atoms with van der Waals surface area (Å²) < 4.78 is 0. The number of allylic oxidation sites excluding steroid dienone is 2. The van der Waals surface area contributed by atoms with Gasteiger partial charge in [-0.25, -0.2) is 0 Å². The Bertz CT molecular complexity index is 141. The zero-order valence-electron chi connectivity index (χ0n) is 4.96. The van der Waals surface area contributed by atoms with E-state index in [0.717, 1.165) is 6.42 Å². The second kappa shape index (κ2) is 2.00. The molecule has 1 nitrogen and oxygen atoms in total. The first kappa shape index (κ1) is 5.37. The second-order valence-corrected chi connectivity index (χ2v) is 2.16. The molecule has 2 atom stereocenters. The average Bonchev–Trinajstić information content (AvgIpc) is 2.48. The predicted octanol–water partition coefficient (Wildman–Crippen LogP) is 1.72. The molecular formula is C7H9N. The Balaban J connectivity index is 2.29. The summed E-state index contributed by atoms with van der Waals surface area (Å²) in [4.78, 5) is 0. The van der Waals surface area contributed by atoms with E-state index < -0.39 is 0 Å². The number of nitrogens with zero attached hydrogens (tertiary/aromatic N) is 1. The van der Waals surface area contributed by atoms with Crippen LogP contribution in [0.1, 0.15) is 13.3 Å². The van der Waals surface area contributed by atoms with Gasteiger partial charge in [-0.1, -0.05) is 12.2 Å². The van der Waals surface area contributed by atoms with Gasteiger partial charge in [0, 0.05) is 0 Å². The summed E-state index contributed by atoms with van der Waals surface area (Å²) in [6.07, 6.45) is 5.21. The molecule has 1 heteroatoms. The van der Waals surface area contributed by atoms with E-state index in [1.165, 1.54) is 0 Å². The molecule has 1 fully saturated rings. The minimum Gasteiger partial charge on any atom is -0.198 e. The fraction of sp³-hybridized carbons (Fsp3) is 0.571. The van der Waals surface area contributed by atoms with E-state index in [2.05, 4.69) is 12.1 Å². The molecule has 1 aliphatic carbocycles. The second-order valence-electron chi connectivity index (χ2n) is 2.16. The maximum atomic E-state index is 8.32. The summed E-state index contributed by atoms with van der Waals surface area (Å²) in [6, 6.07) is 2.22. The maximum Gasteiger partial charge on any atom is 0.0662 e. The van der Waals surface area contributed by atoms with Gasteiger partial charge in [-0.05, 0) is 19.3 Å². The van der Waals surface area contributed by atoms with Gasteiger partial charge in [0.25, 0.3) is 0 Å². The van der Waals surface area contributed by atoms with E-state index in [-0.39, 0.29) is 0 Å². The lowest BCUT2D eigenvalue weighted by Crippen LogP contribution is -1.68. The number of rotatable bonds is 1. The minimum atomic E-state index is 0.339. The quantitative estimate of drug-likeness (QED) is 0.468. The van der Waals surface area contributed by atoms with Crippen LogP contribution in [-0.2, 0) is 0 Å². The number of hydrogen-bond acceptors (Lipinski definition) is 1. The Hall–Kier alpha value is -0.770. The van der Waals surface area contributed by atoms with Gasteiger partial charge in [-0.2, -0.15) is 5.26 Å². The van der Waals surface area contributed by atoms with E-state index in [1.54, 1.807) is 0 Å². The normalized spacial score (nSPS) is 35.0. The molecule has 0 heterocycles. The molecule has 0 bridgehead atoms. The Kier molecular flexibility index (Phi) is 1.34. The molecule has 0 aromatic rings. The monoisotopic (exact) mass is 107 g/mol. The Labute approximate surface area is 49.6 Å². The molecule has 0 unspecified atom stereocenters. The van der Waals surface area contributed by atoms with Gasteiger partial charge in [0.1, 0.15) is 0 Å². The molecule has 0 spiro atoms. The molecule has 0 radical (unpaired) electrons. The van der Waals surface area contributed by atoms with Crippen LogP contribution in [0.15, 0.2) is 12.2 Å². The van der Waals surface area contributed by atoms with Crippen molar-refractivity contribution in [2.24, 2.45) is 11.8 Å². The highest BCUT2D eigenvalue weighted by Gasteiger charge is 2.34. The van der Waals surface area contributed by atoms with Crippen LogP contribution in [0.3, 0.4) is 0 Å². The molecule has 0 saturated heterocycles. The van der Waals surface area contributed by atoms with E-state index >= 15 is 0 Å². The standard InChI is InChI=1S/C7H9N/c1-2-3-6-4-7(6)5-8/h2-3,6-7H,4H2,1H3/b3-2+/t6-,7+/m0/s1. The molecule has 0 amide bonds. The first-order valence-corrected chi connectivity index (χ1v) is 2.91. The third-order valence-corrected chi connectivity index (χ3v) is 1.45. The van der Waals surface area contributed by atoms with Gasteiger partial charge >= 0.3 is 0 Å². The van der Waals surface area contributed by atoms with Gasteiger partial charge < -0.3 is 0 Å². The van der Waals surface area contributed by atoms with Gasteiger partial charge in [0.15, 0.2) is 0 Å². The first-order valence-electron chi connectivity index (χ1n) is 2.91. The zero-order valence-corrected chi connectivity index (χ0v) is 4.96. The Morgan fingerprint density at radius 3 is 2.88 bits per heavy atom. The topological polar surface area (TPSA) is 23.8 Å². The molecule has 0 aromatic heterocycles. The van der Waals surface area contributed by atoms with Crippen molar-refractivity contribution in [2.75, 3.05) is 0 Å². The lowest BCUT2D eigenvalue weighted by molar-refractivity contribution is 1.00. The van der Waals surface area contributed by atoms with Crippen molar-refractivity contribution in [2.45, 2.75) is 13.3 Å². The molecule has 8 heavy (non-hydrogen) atoms. The summed E-state index contributed by atoms with van der Waals surface area (Å²) in [5.74, 6) is 0.927.